The molecule has 5 nitrogen and oxygen atoms in total. The van der Waals surface area contributed by atoms with Crippen LogP contribution in [-0.4, -0.2) is 43.0 Å². The molecule has 0 aliphatic carbocycles. The van der Waals surface area contributed by atoms with Crippen molar-refractivity contribution >= 4 is 11.8 Å². The van der Waals surface area contributed by atoms with Gasteiger partial charge in [-0.1, -0.05) is 19.1 Å². The second-order valence-corrected chi connectivity index (χ2v) is 5.50. The maximum atomic E-state index is 13.6. The summed E-state index contributed by atoms with van der Waals surface area (Å²) in [6.45, 7) is 2.64. The van der Waals surface area contributed by atoms with Gasteiger partial charge in [-0.2, -0.15) is 0 Å². The van der Waals surface area contributed by atoms with Crippen LogP contribution in [0.2, 0.25) is 0 Å². The van der Waals surface area contributed by atoms with Gasteiger partial charge in [-0.25, -0.2) is 4.39 Å². The number of hydrogen-bond acceptors (Lipinski definition) is 3. The summed E-state index contributed by atoms with van der Waals surface area (Å²) < 4.78 is 19.1. The van der Waals surface area contributed by atoms with Gasteiger partial charge >= 0.3 is 0 Å². The Balaban J connectivity index is 1.85. The average Bonchev–Trinajstić information content (AvgIpc) is 2.84. The third-order valence-corrected chi connectivity index (χ3v) is 3.80. The molecule has 1 saturated heterocycles. The van der Waals surface area contributed by atoms with E-state index in [1.807, 2.05) is 6.92 Å². The molecule has 0 aromatic heterocycles. The molecule has 22 heavy (non-hydrogen) atoms. The van der Waals surface area contributed by atoms with E-state index in [9.17, 15) is 14.0 Å². The molecular formula is C16H21FN2O3. The van der Waals surface area contributed by atoms with E-state index in [0.29, 0.717) is 13.0 Å². The highest BCUT2D eigenvalue weighted by Gasteiger charge is 2.32. The summed E-state index contributed by atoms with van der Waals surface area (Å²) in [5.41, 5.74) is 0. The molecule has 120 valence electrons. The van der Waals surface area contributed by atoms with Crippen molar-refractivity contribution in [3.05, 3.63) is 30.1 Å². The van der Waals surface area contributed by atoms with E-state index >= 15 is 0 Å². The maximum absolute atomic E-state index is 13.6. The number of nitrogens with zero attached hydrogens (tertiary/aromatic N) is 1. The fraction of sp³-hybridized carbons (Fsp3) is 0.500. The number of rotatable bonds is 6. The Bertz CT molecular complexity index is 550. The number of halogens is 1. The van der Waals surface area contributed by atoms with Crippen LogP contribution in [0, 0.1) is 11.7 Å². The molecule has 2 rings (SSSR count). The molecule has 6 heteroatoms. The molecule has 1 heterocycles. The van der Waals surface area contributed by atoms with Crippen LogP contribution in [0.25, 0.3) is 0 Å². The minimum atomic E-state index is -0.421. The number of para-hydroxylation sites is 1. The number of likely N-dealkylation sites (tertiary alicyclic amines) is 1. The minimum Gasteiger partial charge on any atom is -0.486 e. The van der Waals surface area contributed by atoms with Gasteiger partial charge in [0, 0.05) is 20.0 Å². The lowest BCUT2D eigenvalue weighted by molar-refractivity contribution is -0.128. The van der Waals surface area contributed by atoms with Crippen LogP contribution in [0.15, 0.2) is 24.3 Å². The number of ether oxygens (including phenoxy) is 1. The van der Waals surface area contributed by atoms with Crippen molar-refractivity contribution in [1.29, 1.82) is 0 Å². The van der Waals surface area contributed by atoms with E-state index in [4.69, 9.17) is 4.74 Å². The Morgan fingerprint density at radius 3 is 2.82 bits per heavy atom. The van der Waals surface area contributed by atoms with Crippen LogP contribution >= 0.6 is 0 Å². The summed E-state index contributed by atoms with van der Waals surface area (Å²) >= 11 is 0. The molecule has 0 bridgehead atoms. The molecule has 1 fully saturated rings. The first-order chi connectivity index (χ1) is 10.5. The van der Waals surface area contributed by atoms with Crippen LogP contribution in [0.3, 0.4) is 0 Å². The molecule has 0 saturated carbocycles. The summed E-state index contributed by atoms with van der Waals surface area (Å²) in [5.74, 6) is -0.735. The first kappa shape index (κ1) is 16.3. The zero-order valence-electron chi connectivity index (χ0n) is 12.8. The van der Waals surface area contributed by atoms with E-state index in [1.54, 1.807) is 30.1 Å². The first-order valence-electron chi connectivity index (χ1n) is 7.44. The predicted octanol–water partition coefficient (Wildman–Crippen LogP) is 1.58. The van der Waals surface area contributed by atoms with E-state index in [2.05, 4.69) is 5.32 Å². The highest BCUT2D eigenvalue weighted by Crippen LogP contribution is 2.18. The molecular weight excluding hydrogens is 287 g/mol. The molecule has 0 radical (unpaired) electrons. The van der Waals surface area contributed by atoms with Crippen molar-refractivity contribution in [3.63, 3.8) is 0 Å². The van der Waals surface area contributed by atoms with Crippen molar-refractivity contribution in [1.82, 2.24) is 10.2 Å². The molecule has 1 aromatic rings. The Morgan fingerprint density at radius 2 is 2.23 bits per heavy atom. The van der Waals surface area contributed by atoms with Gasteiger partial charge in [-0.15, -0.1) is 0 Å². The van der Waals surface area contributed by atoms with Crippen LogP contribution in [0.1, 0.15) is 19.8 Å². The van der Waals surface area contributed by atoms with Gasteiger partial charge < -0.3 is 15.0 Å². The number of amides is 2. The molecule has 0 unspecified atom stereocenters. The number of carbonyl (C=O) groups excluding carboxylic acids is 2. The summed E-state index contributed by atoms with van der Waals surface area (Å²) in [7, 11) is 1.69. The summed E-state index contributed by atoms with van der Waals surface area (Å²) in [5, 5.41) is 2.79. The molecule has 1 aliphatic heterocycles. The van der Waals surface area contributed by atoms with Gasteiger partial charge in [0.25, 0.3) is 0 Å². The third kappa shape index (κ3) is 3.96. The number of hydrogen-bond donors (Lipinski definition) is 1. The normalized spacial score (nSPS) is 19.1. The third-order valence-electron chi connectivity index (χ3n) is 3.80. The van der Waals surface area contributed by atoms with E-state index in [1.165, 1.54) is 6.07 Å². The lowest BCUT2D eigenvalue weighted by Gasteiger charge is -2.19. The predicted molar refractivity (Wildman–Crippen MR) is 79.9 cm³/mol. The Hall–Kier alpha value is -2.11. The van der Waals surface area contributed by atoms with Crippen molar-refractivity contribution < 1.29 is 18.7 Å². The van der Waals surface area contributed by atoms with Crippen molar-refractivity contribution in [2.45, 2.75) is 25.9 Å². The zero-order chi connectivity index (χ0) is 16.1. The van der Waals surface area contributed by atoms with E-state index in [-0.39, 0.29) is 42.6 Å². The van der Waals surface area contributed by atoms with Gasteiger partial charge in [0.05, 0.1) is 12.5 Å². The fourth-order valence-corrected chi connectivity index (χ4v) is 2.39. The lowest BCUT2D eigenvalue weighted by Crippen LogP contribution is -2.39. The van der Waals surface area contributed by atoms with Gasteiger partial charge in [0.2, 0.25) is 11.8 Å². The minimum absolute atomic E-state index is 0.0187. The average molecular weight is 308 g/mol. The number of carbonyl (C=O) groups is 2. The molecule has 0 spiro atoms. The summed E-state index contributed by atoms with van der Waals surface area (Å²) in [4.78, 5) is 25.1. The molecule has 2 atom stereocenters. The van der Waals surface area contributed by atoms with Crippen LogP contribution in [0.4, 0.5) is 4.39 Å². The standard InChI is InChI=1S/C16H21FN2O3/c1-3-12(22-14-7-5-4-6-13(14)17)9-18-16(21)11-8-15(20)19(2)10-11/h4-7,11-12H,3,8-10H2,1-2H3,(H,18,21)/t11-,12-/m1/s1. The maximum Gasteiger partial charge on any atom is 0.225 e. The van der Waals surface area contributed by atoms with Gasteiger partial charge in [0.15, 0.2) is 11.6 Å². The largest absolute Gasteiger partial charge is 0.486 e. The zero-order valence-corrected chi connectivity index (χ0v) is 12.8. The molecule has 1 aliphatic rings. The topological polar surface area (TPSA) is 58.6 Å². The van der Waals surface area contributed by atoms with Crippen molar-refractivity contribution in [3.8, 4) is 5.75 Å². The highest BCUT2D eigenvalue weighted by molar-refractivity contribution is 5.89. The molecule has 1 aromatic carbocycles. The van der Waals surface area contributed by atoms with Crippen molar-refractivity contribution in [2.75, 3.05) is 20.1 Å². The fourth-order valence-electron chi connectivity index (χ4n) is 2.39. The van der Waals surface area contributed by atoms with Crippen LogP contribution in [-0.2, 0) is 9.59 Å². The smallest absolute Gasteiger partial charge is 0.225 e. The quantitative estimate of drug-likeness (QED) is 0.868. The number of benzene rings is 1. The van der Waals surface area contributed by atoms with Crippen LogP contribution in [0.5, 0.6) is 5.75 Å². The van der Waals surface area contributed by atoms with Gasteiger partial charge in [-0.3, -0.25) is 9.59 Å². The summed E-state index contributed by atoms with van der Waals surface area (Å²) in [6.07, 6.45) is 0.571. The van der Waals surface area contributed by atoms with Crippen LogP contribution < -0.4 is 10.1 Å². The Kier molecular flexibility index (Phi) is 5.35. The molecule has 2 amide bonds. The van der Waals surface area contributed by atoms with Gasteiger partial charge in [0.1, 0.15) is 6.10 Å². The second-order valence-electron chi connectivity index (χ2n) is 5.50. The van der Waals surface area contributed by atoms with Crippen molar-refractivity contribution in [2.24, 2.45) is 5.92 Å². The van der Waals surface area contributed by atoms with Gasteiger partial charge in [-0.05, 0) is 18.6 Å². The first-order valence-corrected chi connectivity index (χ1v) is 7.44. The second kappa shape index (κ2) is 7.24. The Morgan fingerprint density at radius 1 is 1.50 bits per heavy atom. The summed E-state index contributed by atoms with van der Waals surface area (Å²) in [6, 6.07) is 6.19. The SMILES string of the molecule is CC[C@H](CNC(=O)[C@@H]1CC(=O)N(C)C1)Oc1ccccc1F. The van der Waals surface area contributed by atoms with E-state index in [0.717, 1.165) is 0 Å². The molecule has 1 N–H and O–H groups in total. The monoisotopic (exact) mass is 308 g/mol. The lowest BCUT2D eigenvalue weighted by atomic mass is 10.1. The number of nitrogens with one attached hydrogen (secondary N) is 1. The van der Waals surface area contributed by atoms with E-state index < -0.39 is 5.82 Å². The Labute approximate surface area is 129 Å². The highest BCUT2D eigenvalue weighted by atomic mass is 19.1.